The minimum absolute atomic E-state index is 0.193. The second-order valence-corrected chi connectivity index (χ2v) is 4.80. The lowest BCUT2D eigenvalue weighted by atomic mass is 10.2. The quantitative estimate of drug-likeness (QED) is 0.929. The minimum Gasteiger partial charge on any atom is -0.358 e. The number of halogens is 3. The molecule has 0 aromatic carbocycles. The van der Waals surface area contributed by atoms with Crippen molar-refractivity contribution in [3.05, 3.63) is 23.9 Å². The number of amides is 1. The van der Waals surface area contributed by atoms with Crippen molar-refractivity contribution in [1.82, 2.24) is 9.88 Å². The molecular formula is C13H16F3N3O. The molecule has 1 fully saturated rings. The number of hydrogen-bond donors (Lipinski definition) is 1. The molecule has 0 radical (unpaired) electrons. The number of anilines is 1. The van der Waals surface area contributed by atoms with Crippen molar-refractivity contribution in [3.63, 3.8) is 0 Å². The minimum atomic E-state index is -4.49. The molecule has 4 nitrogen and oxygen atoms in total. The molecule has 1 aromatic rings. The van der Waals surface area contributed by atoms with Gasteiger partial charge in [0.05, 0.1) is 5.56 Å². The maximum Gasteiger partial charge on any atom is 0.419 e. The molecule has 2 heterocycles. The monoisotopic (exact) mass is 287 g/mol. The lowest BCUT2D eigenvalue weighted by Crippen LogP contribution is -2.40. The average Bonchev–Trinajstić information content (AvgIpc) is 2.91. The fourth-order valence-electron chi connectivity index (χ4n) is 2.23. The van der Waals surface area contributed by atoms with Crippen molar-refractivity contribution < 1.29 is 18.0 Å². The van der Waals surface area contributed by atoms with Crippen LogP contribution in [0.3, 0.4) is 0 Å². The Bertz CT molecular complexity index is 484. The van der Waals surface area contributed by atoms with Gasteiger partial charge in [0.25, 0.3) is 0 Å². The van der Waals surface area contributed by atoms with E-state index in [1.165, 1.54) is 12.3 Å². The Morgan fingerprint density at radius 1 is 1.40 bits per heavy atom. The molecule has 20 heavy (non-hydrogen) atoms. The smallest absolute Gasteiger partial charge is 0.358 e. The predicted octanol–water partition coefficient (Wildman–Crippen LogP) is 2.52. The highest BCUT2D eigenvalue weighted by molar-refractivity contribution is 5.84. The molecule has 110 valence electrons. The largest absolute Gasteiger partial charge is 0.419 e. The molecule has 1 N–H and O–H groups in total. The molecule has 1 amide bonds. The molecule has 0 spiro atoms. The van der Waals surface area contributed by atoms with Gasteiger partial charge in [0.2, 0.25) is 5.91 Å². The van der Waals surface area contributed by atoms with Crippen LogP contribution in [0.15, 0.2) is 18.3 Å². The lowest BCUT2D eigenvalue weighted by Gasteiger charge is -2.22. The molecule has 2 rings (SSSR count). The number of aromatic nitrogens is 1. The molecule has 1 aromatic heterocycles. The van der Waals surface area contributed by atoms with Crippen LogP contribution in [0, 0.1) is 0 Å². The van der Waals surface area contributed by atoms with Crippen molar-refractivity contribution in [2.45, 2.75) is 32.0 Å². The number of rotatable bonds is 3. The molecule has 0 saturated carbocycles. The van der Waals surface area contributed by atoms with E-state index in [0.717, 1.165) is 18.9 Å². The van der Waals surface area contributed by atoms with Crippen molar-refractivity contribution in [2.75, 3.05) is 18.4 Å². The van der Waals surface area contributed by atoms with Crippen molar-refractivity contribution in [3.8, 4) is 0 Å². The number of alkyl halides is 3. The van der Waals surface area contributed by atoms with Gasteiger partial charge < -0.3 is 10.2 Å². The highest BCUT2D eigenvalue weighted by Gasteiger charge is 2.35. The molecule has 1 aliphatic rings. The summed E-state index contributed by atoms with van der Waals surface area (Å²) in [5.41, 5.74) is -0.860. The van der Waals surface area contributed by atoms with Gasteiger partial charge in [-0.1, -0.05) is 0 Å². The first-order valence-corrected chi connectivity index (χ1v) is 6.47. The topological polar surface area (TPSA) is 45.2 Å². The van der Waals surface area contributed by atoms with Gasteiger partial charge in [0.15, 0.2) is 0 Å². The predicted molar refractivity (Wildman–Crippen MR) is 68.1 cm³/mol. The summed E-state index contributed by atoms with van der Waals surface area (Å²) in [5.74, 6) is -0.499. The zero-order valence-electron chi connectivity index (χ0n) is 11.1. The number of pyridine rings is 1. The summed E-state index contributed by atoms with van der Waals surface area (Å²) in [6, 6.07) is 1.44. The fraction of sp³-hybridized carbons (Fsp3) is 0.538. The normalized spacial score (nSPS) is 17.1. The van der Waals surface area contributed by atoms with Crippen molar-refractivity contribution in [2.24, 2.45) is 0 Å². The Morgan fingerprint density at radius 2 is 2.05 bits per heavy atom. The number of carbonyl (C=O) groups excluding carboxylic acids is 1. The van der Waals surface area contributed by atoms with E-state index in [4.69, 9.17) is 0 Å². The first-order chi connectivity index (χ1) is 9.39. The lowest BCUT2D eigenvalue weighted by molar-refractivity contribution is -0.137. The molecule has 1 atom stereocenters. The van der Waals surface area contributed by atoms with Gasteiger partial charge in [-0.2, -0.15) is 13.2 Å². The molecule has 0 aliphatic carbocycles. The number of carbonyl (C=O) groups is 1. The van der Waals surface area contributed by atoms with Gasteiger partial charge in [0, 0.05) is 19.3 Å². The van der Waals surface area contributed by atoms with Crippen LogP contribution >= 0.6 is 0 Å². The number of likely N-dealkylation sites (tertiary alicyclic amines) is 1. The van der Waals surface area contributed by atoms with Gasteiger partial charge in [-0.3, -0.25) is 4.79 Å². The molecule has 1 unspecified atom stereocenters. The second-order valence-electron chi connectivity index (χ2n) is 4.80. The summed E-state index contributed by atoms with van der Waals surface area (Å²) < 4.78 is 38.5. The van der Waals surface area contributed by atoms with Crippen LogP contribution in [0.2, 0.25) is 0 Å². The van der Waals surface area contributed by atoms with E-state index in [2.05, 4.69) is 10.3 Å². The van der Waals surface area contributed by atoms with Crippen LogP contribution in [0.4, 0.5) is 19.0 Å². The van der Waals surface area contributed by atoms with Gasteiger partial charge in [0.1, 0.15) is 11.9 Å². The van der Waals surface area contributed by atoms with Crippen LogP contribution in [0.25, 0.3) is 0 Å². The summed E-state index contributed by atoms with van der Waals surface area (Å²) >= 11 is 0. The van der Waals surface area contributed by atoms with E-state index in [1.54, 1.807) is 11.8 Å². The van der Waals surface area contributed by atoms with Gasteiger partial charge >= 0.3 is 6.18 Å². The Kier molecular flexibility index (Phi) is 4.15. The van der Waals surface area contributed by atoms with E-state index in [0.29, 0.717) is 13.1 Å². The van der Waals surface area contributed by atoms with E-state index in [1.807, 2.05) is 0 Å². The highest BCUT2D eigenvalue weighted by Crippen LogP contribution is 2.33. The maximum atomic E-state index is 12.8. The van der Waals surface area contributed by atoms with Crippen LogP contribution in [-0.2, 0) is 11.0 Å². The summed E-state index contributed by atoms with van der Waals surface area (Å²) in [7, 11) is 0. The van der Waals surface area contributed by atoms with Crippen LogP contribution in [0.5, 0.6) is 0 Å². The first kappa shape index (κ1) is 14.6. The zero-order chi connectivity index (χ0) is 14.8. The SMILES string of the molecule is CC(Nc1ncccc1C(F)(F)F)C(=O)N1CCCC1. The van der Waals surface area contributed by atoms with Gasteiger partial charge in [-0.25, -0.2) is 4.98 Å². The summed E-state index contributed by atoms with van der Waals surface area (Å²) in [5, 5.41) is 2.57. The van der Waals surface area contributed by atoms with Gasteiger partial charge in [-0.15, -0.1) is 0 Å². The molecular weight excluding hydrogens is 271 g/mol. The third kappa shape index (κ3) is 3.20. The van der Waals surface area contributed by atoms with Crippen LogP contribution < -0.4 is 5.32 Å². The van der Waals surface area contributed by atoms with Crippen LogP contribution in [0.1, 0.15) is 25.3 Å². The van der Waals surface area contributed by atoms with E-state index >= 15 is 0 Å². The van der Waals surface area contributed by atoms with Crippen molar-refractivity contribution >= 4 is 11.7 Å². The summed E-state index contributed by atoms with van der Waals surface area (Å²) in [6.07, 6.45) is -1.34. The Labute approximate surface area is 115 Å². The van der Waals surface area contributed by atoms with Gasteiger partial charge in [-0.05, 0) is 31.9 Å². The molecule has 0 bridgehead atoms. The molecule has 7 heteroatoms. The zero-order valence-corrected chi connectivity index (χ0v) is 11.1. The molecule has 1 aliphatic heterocycles. The third-order valence-corrected chi connectivity index (χ3v) is 3.25. The standard InChI is InChI=1S/C13H16F3N3O/c1-9(12(20)19-7-2-3-8-19)18-11-10(13(14,15)16)5-4-6-17-11/h4-6,9H,2-3,7-8H2,1H3,(H,17,18). The average molecular weight is 287 g/mol. The summed E-state index contributed by atoms with van der Waals surface area (Å²) in [4.78, 5) is 17.4. The Morgan fingerprint density at radius 3 is 2.65 bits per heavy atom. The van der Waals surface area contributed by atoms with E-state index in [-0.39, 0.29) is 11.7 Å². The maximum absolute atomic E-state index is 12.8. The summed E-state index contributed by atoms with van der Waals surface area (Å²) in [6.45, 7) is 2.88. The van der Waals surface area contributed by atoms with Crippen molar-refractivity contribution in [1.29, 1.82) is 0 Å². The number of nitrogens with zero attached hydrogens (tertiary/aromatic N) is 2. The Hall–Kier alpha value is -1.79. The van der Waals surface area contributed by atoms with E-state index in [9.17, 15) is 18.0 Å². The highest BCUT2D eigenvalue weighted by atomic mass is 19.4. The number of hydrogen-bond acceptors (Lipinski definition) is 3. The Balaban J connectivity index is 2.11. The second kappa shape index (κ2) is 5.68. The van der Waals surface area contributed by atoms with E-state index < -0.39 is 17.8 Å². The van der Waals surface area contributed by atoms with Crippen LogP contribution in [-0.4, -0.2) is 34.9 Å². The fourth-order valence-corrected chi connectivity index (χ4v) is 2.23. The third-order valence-electron chi connectivity index (χ3n) is 3.25. The molecule has 1 saturated heterocycles. The first-order valence-electron chi connectivity index (χ1n) is 6.47. The number of nitrogens with one attached hydrogen (secondary N) is 1.